The van der Waals surface area contributed by atoms with Gasteiger partial charge in [0.15, 0.2) is 11.8 Å². The molecule has 1 aromatic heterocycles. The van der Waals surface area contributed by atoms with E-state index in [4.69, 9.17) is 0 Å². The van der Waals surface area contributed by atoms with Gasteiger partial charge >= 0.3 is 0 Å². The lowest BCUT2D eigenvalue weighted by molar-refractivity contribution is 0.361. The normalized spacial score (nSPS) is 14.1. The van der Waals surface area contributed by atoms with Crippen LogP contribution in [0.3, 0.4) is 0 Å². The molecule has 0 saturated carbocycles. The van der Waals surface area contributed by atoms with Gasteiger partial charge in [-0.15, -0.1) is 0 Å². The van der Waals surface area contributed by atoms with Crippen LogP contribution in [-0.4, -0.2) is 20.1 Å². The average molecular weight is 286 g/mol. The summed E-state index contributed by atoms with van der Waals surface area (Å²) in [4.78, 5) is 0. The zero-order valence-electron chi connectivity index (χ0n) is 9.12. The van der Waals surface area contributed by atoms with Crippen molar-refractivity contribution in [2.75, 3.05) is 5.33 Å². The van der Waals surface area contributed by atoms with Gasteiger partial charge in [-0.25, -0.2) is 0 Å². The fourth-order valence-electron chi connectivity index (χ4n) is 2.10. The highest BCUT2D eigenvalue weighted by Gasteiger charge is 2.21. The third-order valence-corrected chi connectivity index (χ3v) is 3.55. The Balaban J connectivity index is 2.22. The molecule has 1 heterocycles. The van der Waals surface area contributed by atoms with E-state index in [0.29, 0.717) is 6.54 Å². The summed E-state index contributed by atoms with van der Waals surface area (Å²) in [6.07, 6.45) is 7.50. The van der Waals surface area contributed by atoms with Gasteiger partial charge in [-0.2, -0.15) is 0 Å². The second-order valence-corrected chi connectivity index (χ2v) is 4.82. The molecule has 1 aliphatic carbocycles. The third-order valence-electron chi connectivity index (χ3n) is 2.99. The summed E-state index contributed by atoms with van der Waals surface area (Å²) in [6, 6.07) is 0. The summed E-state index contributed by atoms with van der Waals surface area (Å²) < 4.78 is 1.63. The Morgan fingerprint density at radius 2 is 1.62 bits per heavy atom. The van der Waals surface area contributed by atoms with Crippen LogP contribution in [0, 0.1) is 0 Å². The number of aromatic nitrogens is 1. The number of unbranched alkanes of at least 4 members (excludes halogenated alkanes) is 1. The van der Waals surface area contributed by atoms with Gasteiger partial charge in [-0.3, -0.25) is 4.57 Å². The standard InChI is InChI=1S/C12H16BrNO2/c13-7-3-4-8-14-11(15)9-5-1-2-6-10(9)12(14)16/h1-2,15-16H,3-8H2. The number of allylic oxidation sites excluding steroid dienone is 2. The van der Waals surface area contributed by atoms with Gasteiger partial charge in [-0.1, -0.05) is 28.1 Å². The number of alkyl halides is 1. The van der Waals surface area contributed by atoms with Gasteiger partial charge in [0.05, 0.1) is 0 Å². The minimum atomic E-state index is 0.242. The van der Waals surface area contributed by atoms with Crippen molar-refractivity contribution in [2.24, 2.45) is 0 Å². The fourth-order valence-corrected chi connectivity index (χ4v) is 2.50. The summed E-state index contributed by atoms with van der Waals surface area (Å²) >= 11 is 3.37. The van der Waals surface area contributed by atoms with Crippen LogP contribution in [0.2, 0.25) is 0 Å². The molecule has 0 fully saturated rings. The first-order chi connectivity index (χ1) is 7.75. The maximum absolute atomic E-state index is 10.0. The Labute approximate surface area is 104 Å². The molecule has 0 unspecified atom stereocenters. The van der Waals surface area contributed by atoms with E-state index in [1.807, 2.05) is 12.2 Å². The first kappa shape index (κ1) is 11.6. The molecule has 2 rings (SSSR count). The number of rotatable bonds is 4. The Morgan fingerprint density at radius 3 is 2.12 bits per heavy atom. The van der Waals surface area contributed by atoms with Crippen LogP contribution in [0.25, 0.3) is 0 Å². The minimum Gasteiger partial charge on any atom is -0.494 e. The monoisotopic (exact) mass is 285 g/mol. The molecule has 0 atom stereocenters. The fraction of sp³-hybridized carbons (Fsp3) is 0.500. The predicted molar refractivity (Wildman–Crippen MR) is 67.3 cm³/mol. The second kappa shape index (κ2) is 4.95. The van der Waals surface area contributed by atoms with Crippen LogP contribution < -0.4 is 0 Å². The first-order valence-corrected chi connectivity index (χ1v) is 6.71. The summed E-state index contributed by atoms with van der Waals surface area (Å²) in [5, 5.41) is 21.0. The molecule has 0 aliphatic heterocycles. The van der Waals surface area contributed by atoms with Crippen LogP contribution in [0.5, 0.6) is 11.8 Å². The molecule has 1 aromatic rings. The molecule has 0 saturated heterocycles. The van der Waals surface area contributed by atoms with Crippen LogP contribution in [0.1, 0.15) is 24.0 Å². The van der Waals surface area contributed by atoms with Crippen molar-refractivity contribution in [3.63, 3.8) is 0 Å². The number of nitrogens with zero attached hydrogens (tertiary/aromatic N) is 1. The Hall–Kier alpha value is -0.900. The summed E-state index contributed by atoms with van der Waals surface area (Å²) in [5.41, 5.74) is 1.78. The SMILES string of the molecule is Oc1c2c(c(O)n1CCCCBr)CC=CC2. The van der Waals surface area contributed by atoms with Crippen molar-refractivity contribution in [3.05, 3.63) is 23.3 Å². The van der Waals surface area contributed by atoms with Crippen molar-refractivity contribution in [3.8, 4) is 11.8 Å². The smallest absolute Gasteiger partial charge is 0.197 e. The Morgan fingerprint density at radius 1 is 1.06 bits per heavy atom. The van der Waals surface area contributed by atoms with E-state index in [-0.39, 0.29) is 11.8 Å². The summed E-state index contributed by atoms with van der Waals surface area (Å²) in [5.74, 6) is 0.484. The molecule has 0 radical (unpaired) electrons. The largest absolute Gasteiger partial charge is 0.494 e. The van der Waals surface area contributed by atoms with Crippen molar-refractivity contribution in [2.45, 2.75) is 32.2 Å². The van der Waals surface area contributed by atoms with Gasteiger partial charge in [0.1, 0.15) is 0 Å². The minimum absolute atomic E-state index is 0.242. The number of aromatic hydroxyl groups is 2. The molecule has 16 heavy (non-hydrogen) atoms. The number of hydrogen-bond donors (Lipinski definition) is 2. The third kappa shape index (κ3) is 1.98. The lowest BCUT2D eigenvalue weighted by Gasteiger charge is -2.05. The summed E-state index contributed by atoms with van der Waals surface area (Å²) in [7, 11) is 0. The van der Waals surface area contributed by atoms with E-state index >= 15 is 0 Å². The lowest BCUT2D eigenvalue weighted by atomic mass is 10.0. The zero-order valence-corrected chi connectivity index (χ0v) is 10.7. The number of fused-ring (bicyclic) bond motifs is 1. The first-order valence-electron chi connectivity index (χ1n) is 5.58. The van der Waals surface area contributed by atoms with Gasteiger partial charge in [0, 0.05) is 23.0 Å². The van der Waals surface area contributed by atoms with E-state index in [1.165, 1.54) is 0 Å². The van der Waals surface area contributed by atoms with E-state index in [0.717, 1.165) is 42.1 Å². The van der Waals surface area contributed by atoms with E-state index in [1.54, 1.807) is 4.57 Å². The molecule has 88 valence electrons. The molecule has 1 aliphatic rings. The number of halogens is 1. The highest BCUT2D eigenvalue weighted by Crippen LogP contribution is 2.36. The number of hydrogen-bond acceptors (Lipinski definition) is 2. The van der Waals surface area contributed by atoms with Gasteiger partial charge in [0.25, 0.3) is 0 Å². The highest BCUT2D eigenvalue weighted by molar-refractivity contribution is 9.09. The molecule has 0 bridgehead atoms. The second-order valence-electron chi connectivity index (χ2n) is 4.03. The molecule has 2 N–H and O–H groups in total. The van der Waals surface area contributed by atoms with Crippen molar-refractivity contribution >= 4 is 15.9 Å². The Kier molecular flexibility index (Phi) is 3.59. The predicted octanol–water partition coefficient (Wildman–Crippen LogP) is 2.73. The molecule has 3 nitrogen and oxygen atoms in total. The van der Waals surface area contributed by atoms with E-state index < -0.39 is 0 Å². The lowest BCUT2D eigenvalue weighted by Crippen LogP contribution is -1.97. The Bertz CT molecular complexity index is 378. The summed E-state index contributed by atoms with van der Waals surface area (Å²) in [6.45, 7) is 0.677. The average Bonchev–Trinajstić information content (AvgIpc) is 2.55. The van der Waals surface area contributed by atoms with Crippen LogP contribution in [0.15, 0.2) is 12.2 Å². The highest BCUT2D eigenvalue weighted by atomic mass is 79.9. The van der Waals surface area contributed by atoms with Crippen LogP contribution in [-0.2, 0) is 19.4 Å². The molecule has 4 heteroatoms. The van der Waals surface area contributed by atoms with Crippen molar-refractivity contribution in [1.29, 1.82) is 0 Å². The topological polar surface area (TPSA) is 45.4 Å². The molecule has 0 aromatic carbocycles. The van der Waals surface area contributed by atoms with Gasteiger partial charge in [0.2, 0.25) is 0 Å². The molecular formula is C12H16BrNO2. The van der Waals surface area contributed by atoms with Gasteiger partial charge in [-0.05, 0) is 25.7 Å². The van der Waals surface area contributed by atoms with Crippen molar-refractivity contribution < 1.29 is 10.2 Å². The molecular weight excluding hydrogens is 270 g/mol. The van der Waals surface area contributed by atoms with Crippen LogP contribution >= 0.6 is 15.9 Å². The molecule has 0 amide bonds. The quantitative estimate of drug-likeness (QED) is 0.508. The molecule has 0 spiro atoms. The maximum Gasteiger partial charge on any atom is 0.197 e. The van der Waals surface area contributed by atoms with E-state index in [2.05, 4.69) is 15.9 Å². The van der Waals surface area contributed by atoms with Crippen LogP contribution in [0.4, 0.5) is 0 Å². The van der Waals surface area contributed by atoms with Gasteiger partial charge < -0.3 is 10.2 Å². The zero-order chi connectivity index (χ0) is 11.5. The van der Waals surface area contributed by atoms with E-state index in [9.17, 15) is 10.2 Å². The van der Waals surface area contributed by atoms with Crippen molar-refractivity contribution in [1.82, 2.24) is 4.57 Å². The maximum atomic E-state index is 10.0.